The first-order valence-electron chi connectivity index (χ1n) is 2.73. The van der Waals surface area contributed by atoms with E-state index in [1.807, 2.05) is 0 Å². The summed E-state index contributed by atoms with van der Waals surface area (Å²) >= 11 is 9.24. The fraction of sp³-hybridized carbons (Fsp3) is 0. The lowest BCUT2D eigenvalue weighted by Crippen LogP contribution is -1.96. The second-order valence-electron chi connectivity index (χ2n) is 1.74. The molecular weight excluding hydrogens is 236 g/mol. The molecule has 1 aromatic heterocycles. The van der Waals surface area contributed by atoms with Crippen LogP contribution in [0.1, 0.15) is 10.5 Å². The molecule has 0 atom stereocenters. The highest BCUT2D eigenvalue weighted by Gasteiger charge is 2.08. The third-order valence-corrected chi connectivity index (χ3v) is 2.84. The van der Waals surface area contributed by atoms with Gasteiger partial charge in [0.15, 0.2) is 10.8 Å². The number of aromatic carboxylic acids is 1. The highest BCUT2D eigenvalue weighted by atomic mass is 33.5. The summed E-state index contributed by atoms with van der Waals surface area (Å²) in [7, 11) is -0.889. The third kappa shape index (κ3) is 2.77. The average molecular weight is 242 g/mol. The Balaban J connectivity index is 2.71. The minimum Gasteiger partial charge on any atom is -0.476 e. The summed E-state index contributed by atoms with van der Waals surface area (Å²) in [5, 5.41) is 10.5. The maximum atomic E-state index is 10.4. The van der Waals surface area contributed by atoms with Gasteiger partial charge in [0.25, 0.3) is 0 Å². The Morgan fingerprint density at radius 1 is 1.75 bits per heavy atom. The molecule has 0 saturated heterocycles. The van der Waals surface area contributed by atoms with Crippen molar-refractivity contribution in [3.63, 3.8) is 0 Å². The van der Waals surface area contributed by atoms with E-state index in [1.165, 1.54) is 16.7 Å². The number of thiol groups is 3. The first-order valence-corrected chi connectivity index (χ1v) is 7.25. The Kier molecular flexibility index (Phi) is 3.56. The summed E-state index contributed by atoms with van der Waals surface area (Å²) in [4.78, 5) is 14.2. The standard InChI is InChI=1S/C4H6N2O2S4/c7-3(8)2-1-11-4(5-2)6-12(9)10/h1,9-10,12H,(H,5,6)(H,7,8). The van der Waals surface area contributed by atoms with Gasteiger partial charge in [0.05, 0.1) is 0 Å². The van der Waals surface area contributed by atoms with E-state index >= 15 is 0 Å². The third-order valence-electron chi connectivity index (χ3n) is 0.919. The fourth-order valence-electron chi connectivity index (χ4n) is 0.509. The maximum Gasteiger partial charge on any atom is 0.355 e. The Hall–Kier alpha value is -0.0500. The van der Waals surface area contributed by atoms with E-state index in [9.17, 15) is 4.79 Å². The zero-order valence-corrected chi connectivity index (χ0v) is 9.13. The second kappa shape index (κ2) is 4.26. The van der Waals surface area contributed by atoms with Gasteiger partial charge in [-0.25, -0.2) is 9.78 Å². The first-order chi connectivity index (χ1) is 5.59. The molecule has 8 heteroatoms. The summed E-state index contributed by atoms with van der Waals surface area (Å²) in [5.41, 5.74) is 0.0426. The van der Waals surface area contributed by atoms with Crippen molar-refractivity contribution < 1.29 is 9.90 Å². The van der Waals surface area contributed by atoms with Gasteiger partial charge >= 0.3 is 5.97 Å². The van der Waals surface area contributed by atoms with E-state index in [1.54, 1.807) is 0 Å². The normalized spacial score (nSPS) is 11.0. The summed E-state index contributed by atoms with van der Waals surface area (Å²) < 4.78 is 2.82. The van der Waals surface area contributed by atoms with Crippen LogP contribution >= 0.6 is 43.8 Å². The Bertz CT molecular complexity index is 286. The van der Waals surface area contributed by atoms with Crippen LogP contribution < -0.4 is 4.72 Å². The van der Waals surface area contributed by atoms with E-state index in [4.69, 9.17) is 5.11 Å². The van der Waals surface area contributed by atoms with Gasteiger partial charge in [0.1, 0.15) is 0 Å². The van der Waals surface area contributed by atoms with E-state index in [-0.39, 0.29) is 5.69 Å². The number of rotatable bonds is 3. The molecule has 0 unspecified atom stereocenters. The van der Waals surface area contributed by atoms with E-state index in [0.29, 0.717) is 5.13 Å². The van der Waals surface area contributed by atoms with E-state index in [0.717, 1.165) is 0 Å². The predicted octanol–water partition coefficient (Wildman–Crippen LogP) is 1.86. The number of nitrogens with one attached hydrogen (secondary N) is 1. The zero-order chi connectivity index (χ0) is 9.14. The topological polar surface area (TPSA) is 62.2 Å². The highest BCUT2D eigenvalue weighted by molar-refractivity contribution is 9.09. The van der Waals surface area contributed by atoms with Crippen LogP contribution in [0.25, 0.3) is 0 Å². The SMILES string of the molecule is O=C(O)c1csc(N[SH](S)S)n1. The maximum absolute atomic E-state index is 10.4. The van der Waals surface area contributed by atoms with Crippen molar-refractivity contribution in [2.24, 2.45) is 0 Å². The number of nitrogens with zero attached hydrogens (tertiary/aromatic N) is 1. The molecule has 0 aromatic carbocycles. The number of anilines is 1. The van der Waals surface area contributed by atoms with Gasteiger partial charge in [-0.1, -0.05) is 9.15 Å². The highest BCUT2D eigenvalue weighted by Crippen LogP contribution is 2.36. The van der Waals surface area contributed by atoms with E-state index in [2.05, 4.69) is 33.0 Å². The van der Waals surface area contributed by atoms with Gasteiger partial charge in [0, 0.05) is 5.38 Å². The molecule has 68 valence electrons. The number of aromatic nitrogens is 1. The molecule has 0 spiro atoms. The Labute approximate surface area is 85.5 Å². The van der Waals surface area contributed by atoms with Gasteiger partial charge in [0.2, 0.25) is 0 Å². The quantitative estimate of drug-likeness (QED) is 0.415. The number of carboxylic acid groups (broad SMARTS) is 1. The zero-order valence-electron chi connectivity index (χ0n) is 5.63. The van der Waals surface area contributed by atoms with Crippen LogP contribution in [0.5, 0.6) is 0 Å². The van der Waals surface area contributed by atoms with Crippen LogP contribution in [0.4, 0.5) is 5.13 Å². The van der Waals surface area contributed by atoms with E-state index < -0.39 is 15.1 Å². The van der Waals surface area contributed by atoms with Crippen LogP contribution in [0.15, 0.2) is 5.38 Å². The monoisotopic (exact) mass is 242 g/mol. The molecule has 1 heterocycles. The number of carboxylic acids is 1. The van der Waals surface area contributed by atoms with Gasteiger partial charge < -0.3 is 9.83 Å². The molecule has 0 fully saturated rings. The smallest absolute Gasteiger partial charge is 0.355 e. The molecule has 12 heavy (non-hydrogen) atoms. The second-order valence-corrected chi connectivity index (χ2v) is 6.75. The first kappa shape index (κ1) is 10.0. The molecule has 0 aliphatic carbocycles. The molecule has 4 nitrogen and oxygen atoms in total. The summed E-state index contributed by atoms with van der Waals surface area (Å²) in [5.74, 6) is -1.03. The minimum atomic E-state index is -1.03. The molecule has 0 saturated carbocycles. The lowest BCUT2D eigenvalue weighted by atomic mass is 10.5. The lowest BCUT2D eigenvalue weighted by Gasteiger charge is -2.06. The summed E-state index contributed by atoms with van der Waals surface area (Å²) in [6.07, 6.45) is 0. The molecule has 2 N–H and O–H groups in total. The van der Waals surface area contributed by atoms with Crippen LogP contribution in [0.3, 0.4) is 0 Å². The molecule has 0 aliphatic rings. The van der Waals surface area contributed by atoms with Crippen LogP contribution in [0, 0.1) is 0 Å². The van der Waals surface area contributed by atoms with Gasteiger partial charge in [-0.2, -0.15) is 0 Å². The van der Waals surface area contributed by atoms with Crippen LogP contribution in [-0.4, -0.2) is 16.1 Å². The number of hydrogen-bond acceptors (Lipinski definition) is 6. The number of hydrogen-bond donors (Lipinski definition) is 5. The average Bonchev–Trinajstić information content (AvgIpc) is 2.34. The Morgan fingerprint density at radius 2 is 2.42 bits per heavy atom. The molecule has 1 rings (SSSR count). The molecule has 1 aromatic rings. The van der Waals surface area contributed by atoms with Crippen molar-refractivity contribution in [1.29, 1.82) is 0 Å². The van der Waals surface area contributed by atoms with Crippen molar-refractivity contribution >= 4 is 54.9 Å². The molecular formula is C4H6N2O2S4. The molecule has 0 bridgehead atoms. The van der Waals surface area contributed by atoms with Gasteiger partial charge in [-0.15, -0.1) is 34.7 Å². The van der Waals surface area contributed by atoms with Crippen molar-refractivity contribution in [2.75, 3.05) is 4.72 Å². The Morgan fingerprint density at radius 3 is 2.83 bits per heavy atom. The molecule has 0 amide bonds. The molecule has 0 aliphatic heterocycles. The lowest BCUT2D eigenvalue weighted by molar-refractivity contribution is 0.0691. The van der Waals surface area contributed by atoms with Gasteiger partial charge in [-0.05, 0) is 0 Å². The van der Waals surface area contributed by atoms with Crippen molar-refractivity contribution in [3.05, 3.63) is 11.1 Å². The van der Waals surface area contributed by atoms with Crippen molar-refractivity contribution in [3.8, 4) is 0 Å². The minimum absolute atomic E-state index is 0.0426. The largest absolute Gasteiger partial charge is 0.476 e. The number of thiazole rings is 1. The molecule has 0 radical (unpaired) electrons. The number of carbonyl (C=O) groups is 1. The predicted molar refractivity (Wildman–Crippen MR) is 59.7 cm³/mol. The summed E-state index contributed by atoms with van der Waals surface area (Å²) in [6, 6.07) is 0. The van der Waals surface area contributed by atoms with Crippen LogP contribution in [0.2, 0.25) is 0 Å². The van der Waals surface area contributed by atoms with Crippen molar-refractivity contribution in [2.45, 2.75) is 0 Å². The fourth-order valence-corrected chi connectivity index (χ4v) is 2.72. The summed E-state index contributed by atoms with van der Waals surface area (Å²) in [6.45, 7) is 0. The van der Waals surface area contributed by atoms with Crippen molar-refractivity contribution in [1.82, 2.24) is 4.98 Å². The van der Waals surface area contributed by atoms with Gasteiger partial charge in [-0.3, -0.25) is 0 Å². The van der Waals surface area contributed by atoms with Crippen LogP contribution in [-0.2, 0) is 0 Å².